The van der Waals surface area contributed by atoms with Crippen LogP contribution in [0, 0.1) is 6.92 Å². The molecule has 1 aromatic heterocycles. The zero-order valence-electron chi connectivity index (χ0n) is 17.6. The number of amides is 1. The number of hydrogen-bond acceptors (Lipinski definition) is 6. The van der Waals surface area contributed by atoms with Gasteiger partial charge in [-0.15, -0.1) is 0 Å². The first kappa shape index (κ1) is 20.3. The lowest BCUT2D eigenvalue weighted by Crippen LogP contribution is -2.43. The molecule has 0 spiro atoms. The van der Waals surface area contributed by atoms with Crippen LogP contribution < -0.4 is 10.1 Å². The highest BCUT2D eigenvalue weighted by Gasteiger charge is 2.25. The molecule has 1 amide bonds. The number of phenolic OH excluding ortho intramolecular Hbond substituents is 1. The molecule has 30 heavy (non-hydrogen) atoms. The van der Waals surface area contributed by atoms with Gasteiger partial charge in [0.25, 0.3) is 5.91 Å². The number of rotatable bonds is 5. The minimum absolute atomic E-state index is 0.181. The van der Waals surface area contributed by atoms with Crippen LogP contribution in [0.4, 0.5) is 5.69 Å². The molecule has 0 saturated carbocycles. The average molecular weight is 409 g/mol. The Bertz CT molecular complexity index is 1050. The summed E-state index contributed by atoms with van der Waals surface area (Å²) in [6.45, 7) is 6.13. The summed E-state index contributed by atoms with van der Waals surface area (Å²) in [5, 5.41) is 14.2. The molecule has 158 valence electrons. The Kier molecular flexibility index (Phi) is 5.65. The minimum atomic E-state index is -0.262. The van der Waals surface area contributed by atoms with Gasteiger partial charge in [-0.2, -0.15) is 0 Å². The van der Waals surface area contributed by atoms with Gasteiger partial charge in [-0.3, -0.25) is 9.69 Å². The lowest BCUT2D eigenvalue weighted by atomic mass is 10.0. The zero-order valence-corrected chi connectivity index (χ0v) is 17.6. The predicted octanol–water partition coefficient (Wildman–Crippen LogP) is 3.46. The molecule has 1 saturated heterocycles. The summed E-state index contributed by atoms with van der Waals surface area (Å²) in [5.74, 6) is 1.17. The van der Waals surface area contributed by atoms with Crippen LogP contribution in [0.25, 0.3) is 11.0 Å². The van der Waals surface area contributed by atoms with Crippen molar-refractivity contribution in [2.24, 2.45) is 0 Å². The third-order valence-electron chi connectivity index (χ3n) is 5.67. The summed E-state index contributed by atoms with van der Waals surface area (Å²) in [6.07, 6.45) is 0. The molecule has 1 aliphatic rings. The standard InChI is InChI=1S/C23H27N3O4/c1-15-21(23(28)24-16-4-6-17(29-3)7-5-16)22-18(19(27)8-9-20(22)30-15)14-26-12-10-25(2)11-13-26/h4-9,27H,10-14H2,1-3H3,(H,24,28). The van der Waals surface area contributed by atoms with Crippen LogP contribution in [-0.2, 0) is 6.54 Å². The van der Waals surface area contributed by atoms with Crippen LogP contribution in [0.1, 0.15) is 21.7 Å². The number of likely N-dealkylation sites (N-methyl/N-ethyl adjacent to an activating group) is 1. The third-order valence-corrected chi connectivity index (χ3v) is 5.67. The molecule has 4 rings (SSSR count). The molecule has 7 nitrogen and oxygen atoms in total. The first-order valence-electron chi connectivity index (χ1n) is 10.1. The van der Waals surface area contributed by atoms with Gasteiger partial charge in [-0.1, -0.05) is 0 Å². The van der Waals surface area contributed by atoms with Crippen molar-refractivity contribution in [1.29, 1.82) is 0 Å². The predicted molar refractivity (Wildman–Crippen MR) is 116 cm³/mol. The number of piperazine rings is 1. The maximum atomic E-state index is 13.2. The Morgan fingerprint density at radius 3 is 2.50 bits per heavy atom. The van der Waals surface area contributed by atoms with E-state index in [1.165, 1.54) is 0 Å². The van der Waals surface area contributed by atoms with E-state index < -0.39 is 0 Å². The van der Waals surface area contributed by atoms with Crippen molar-refractivity contribution in [2.75, 3.05) is 45.7 Å². The van der Waals surface area contributed by atoms with Gasteiger partial charge in [0.1, 0.15) is 22.8 Å². The summed E-state index contributed by atoms with van der Waals surface area (Å²) < 4.78 is 11.0. The SMILES string of the molecule is COc1ccc(NC(=O)c2c(C)oc3ccc(O)c(CN4CCN(C)CC4)c23)cc1. The first-order valence-corrected chi connectivity index (χ1v) is 10.1. The maximum absolute atomic E-state index is 13.2. The van der Waals surface area contributed by atoms with Gasteiger partial charge >= 0.3 is 0 Å². The van der Waals surface area contributed by atoms with Gasteiger partial charge in [0.15, 0.2) is 0 Å². The maximum Gasteiger partial charge on any atom is 0.259 e. The number of benzene rings is 2. The minimum Gasteiger partial charge on any atom is -0.508 e. The van der Waals surface area contributed by atoms with Crippen molar-refractivity contribution in [3.05, 3.63) is 53.3 Å². The van der Waals surface area contributed by atoms with Crippen LogP contribution in [0.2, 0.25) is 0 Å². The van der Waals surface area contributed by atoms with Crippen molar-refractivity contribution in [2.45, 2.75) is 13.5 Å². The Labute approximate surface area is 175 Å². The van der Waals surface area contributed by atoms with E-state index in [9.17, 15) is 9.90 Å². The van der Waals surface area contributed by atoms with Crippen molar-refractivity contribution >= 4 is 22.6 Å². The number of hydrogen-bond donors (Lipinski definition) is 2. The number of phenols is 1. The van der Waals surface area contributed by atoms with Crippen molar-refractivity contribution < 1.29 is 19.1 Å². The smallest absolute Gasteiger partial charge is 0.259 e. The molecular weight excluding hydrogens is 382 g/mol. The van der Waals surface area contributed by atoms with E-state index >= 15 is 0 Å². The van der Waals surface area contributed by atoms with Crippen molar-refractivity contribution in [3.8, 4) is 11.5 Å². The van der Waals surface area contributed by atoms with Crippen LogP contribution in [0.15, 0.2) is 40.8 Å². The Hall–Kier alpha value is -3.03. The van der Waals surface area contributed by atoms with E-state index in [1.54, 1.807) is 50.4 Å². The normalized spacial score (nSPS) is 15.4. The van der Waals surface area contributed by atoms with Gasteiger partial charge in [-0.25, -0.2) is 0 Å². The number of aryl methyl sites for hydroxylation is 1. The van der Waals surface area contributed by atoms with Gasteiger partial charge in [0.2, 0.25) is 0 Å². The van der Waals surface area contributed by atoms with E-state index in [2.05, 4.69) is 22.2 Å². The van der Waals surface area contributed by atoms with Crippen LogP contribution in [0.3, 0.4) is 0 Å². The highest BCUT2D eigenvalue weighted by Crippen LogP contribution is 2.35. The van der Waals surface area contributed by atoms with Crippen molar-refractivity contribution in [3.63, 3.8) is 0 Å². The molecule has 2 heterocycles. The monoisotopic (exact) mass is 409 g/mol. The molecule has 0 radical (unpaired) electrons. The molecule has 2 N–H and O–H groups in total. The number of nitrogens with one attached hydrogen (secondary N) is 1. The molecule has 0 atom stereocenters. The molecule has 1 fully saturated rings. The quantitative estimate of drug-likeness (QED) is 0.672. The largest absolute Gasteiger partial charge is 0.508 e. The zero-order chi connectivity index (χ0) is 21.3. The Morgan fingerprint density at radius 1 is 1.13 bits per heavy atom. The van der Waals surface area contributed by atoms with Crippen LogP contribution in [-0.4, -0.2) is 61.2 Å². The van der Waals surface area contributed by atoms with Crippen LogP contribution >= 0.6 is 0 Å². The lowest BCUT2D eigenvalue weighted by molar-refractivity contribution is 0.102. The molecule has 2 aromatic carbocycles. The molecular formula is C23H27N3O4. The summed E-state index contributed by atoms with van der Waals surface area (Å²) in [5.41, 5.74) is 2.46. The number of fused-ring (bicyclic) bond motifs is 1. The van der Waals surface area contributed by atoms with E-state index in [-0.39, 0.29) is 11.7 Å². The summed E-state index contributed by atoms with van der Waals surface area (Å²) in [7, 11) is 3.71. The molecule has 0 bridgehead atoms. The molecule has 1 aliphatic heterocycles. The second-order valence-corrected chi connectivity index (χ2v) is 7.73. The number of methoxy groups -OCH3 is 1. The third kappa shape index (κ3) is 3.99. The summed E-state index contributed by atoms with van der Waals surface area (Å²) in [4.78, 5) is 17.7. The molecule has 7 heteroatoms. The second kappa shape index (κ2) is 8.38. The lowest BCUT2D eigenvalue weighted by Gasteiger charge is -2.32. The molecule has 0 aliphatic carbocycles. The number of ether oxygens (including phenoxy) is 1. The second-order valence-electron chi connectivity index (χ2n) is 7.73. The number of aromatic hydroxyl groups is 1. The summed E-state index contributed by atoms with van der Waals surface area (Å²) >= 11 is 0. The molecule has 3 aromatic rings. The van der Waals surface area contributed by atoms with E-state index in [0.717, 1.165) is 37.5 Å². The number of carbonyl (C=O) groups is 1. The Morgan fingerprint density at radius 2 is 1.83 bits per heavy atom. The Balaban J connectivity index is 1.67. The number of furan rings is 1. The topological polar surface area (TPSA) is 78.2 Å². The highest BCUT2D eigenvalue weighted by molar-refractivity contribution is 6.14. The first-order chi connectivity index (χ1) is 14.5. The van der Waals surface area contributed by atoms with Crippen molar-refractivity contribution in [1.82, 2.24) is 9.80 Å². The highest BCUT2D eigenvalue weighted by atomic mass is 16.5. The number of nitrogens with zero attached hydrogens (tertiary/aromatic N) is 2. The van der Waals surface area contributed by atoms with E-state index in [0.29, 0.717) is 34.5 Å². The fourth-order valence-corrected chi connectivity index (χ4v) is 3.90. The summed E-state index contributed by atoms with van der Waals surface area (Å²) in [6, 6.07) is 10.5. The molecule has 0 unspecified atom stereocenters. The van der Waals surface area contributed by atoms with Gasteiger partial charge in [0.05, 0.1) is 12.7 Å². The number of carbonyl (C=O) groups excluding carboxylic acids is 1. The van der Waals surface area contributed by atoms with Gasteiger partial charge < -0.3 is 24.5 Å². The van der Waals surface area contributed by atoms with Crippen LogP contribution in [0.5, 0.6) is 11.5 Å². The van der Waals surface area contributed by atoms with Gasteiger partial charge in [-0.05, 0) is 50.4 Å². The fraction of sp³-hybridized carbons (Fsp3) is 0.348. The average Bonchev–Trinajstić information content (AvgIpc) is 3.08. The van der Waals surface area contributed by atoms with Gasteiger partial charge in [0, 0.05) is 49.4 Å². The number of anilines is 1. The van der Waals surface area contributed by atoms with E-state index in [1.807, 2.05) is 0 Å². The van der Waals surface area contributed by atoms with E-state index in [4.69, 9.17) is 9.15 Å². The fourth-order valence-electron chi connectivity index (χ4n) is 3.90.